The van der Waals surface area contributed by atoms with Crippen LogP contribution in [0.1, 0.15) is 0 Å². The summed E-state index contributed by atoms with van der Waals surface area (Å²) in [5.74, 6) is 0. The van der Waals surface area contributed by atoms with Crippen molar-refractivity contribution in [1.82, 2.24) is 14.5 Å². The van der Waals surface area contributed by atoms with Crippen molar-refractivity contribution in [3.8, 4) is 39.3 Å². The zero-order valence-electron chi connectivity index (χ0n) is 23.0. The second kappa shape index (κ2) is 11.4. The Hall–Kier alpha value is -5.74. The first-order valence-corrected chi connectivity index (χ1v) is 14.0. The van der Waals surface area contributed by atoms with E-state index < -0.39 is 0 Å². The van der Waals surface area contributed by atoms with Gasteiger partial charge in [0, 0.05) is 58.7 Å². The van der Waals surface area contributed by atoms with Gasteiger partial charge in [-0.3, -0.25) is 9.97 Å². The van der Waals surface area contributed by atoms with Gasteiger partial charge in [0.1, 0.15) is 0 Å². The molecule has 7 aromatic rings. The summed E-state index contributed by atoms with van der Waals surface area (Å²) in [5.41, 5.74) is 11.1. The smallest absolute Gasteiger partial charge is 0.0550 e. The summed E-state index contributed by atoms with van der Waals surface area (Å²) < 4.78 is 2.28. The topological polar surface area (TPSA) is 34.0 Å². The van der Waals surface area contributed by atoms with Crippen molar-refractivity contribution in [3.05, 3.63) is 170 Å². The number of rotatable bonds is 7. The van der Waals surface area contributed by atoms with E-state index in [0.29, 0.717) is 0 Å². The Morgan fingerprint density at radius 2 is 0.833 bits per heavy atom. The maximum atomic E-state index is 4.36. The first-order chi connectivity index (χ1) is 20.8. The van der Waals surface area contributed by atoms with Crippen LogP contribution in [0.25, 0.3) is 39.3 Å². The number of nitrogens with zero attached hydrogens (tertiary/aromatic N) is 4. The number of aromatic nitrogens is 3. The maximum absolute atomic E-state index is 4.36. The van der Waals surface area contributed by atoms with Crippen LogP contribution in [0.5, 0.6) is 0 Å². The molecule has 3 heterocycles. The van der Waals surface area contributed by atoms with Crippen molar-refractivity contribution in [3.63, 3.8) is 0 Å². The van der Waals surface area contributed by atoms with Gasteiger partial charge in [-0.05, 0) is 96.1 Å². The fraction of sp³-hybridized carbons (Fsp3) is 0. The van der Waals surface area contributed by atoms with Crippen molar-refractivity contribution in [2.75, 3.05) is 4.90 Å². The lowest BCUT2D eigenvalue weighted by Gasteiger charge is -2.25. The highest BCUT2D eigenvalue weighted by Gasteiger charge is 2.15. The molecule has 0 aliphatic carbocycles. The quantitative estimate of drug-likeness (QED) is 0.202. The summed E-state index contributed by atoms with van der Waals surface area (Å²) in [6.07, 6.45) is 7.42. The number of benzene rings is 4. The predicted octanol–water partition coefficient (Wildman–Crippen LogP) is 9.74. The maximum Gasteiger partial charge on any atom is 0.0550 e. The van der Waals surface area contributed by atoms with E-state index >= 15 is 0 Å². The number of para-hydroxylation sites is 2. The minimum Gasteiger partial charge on any atom is -0.311 e. The van der Waals surface area contributed by atoms with E-state index in [1.54, 1.807) is 12.4 Å². The lowest BCUT2D eigenvalue weighted by molar-refractivity contribution is 1.09. The van der Waals surface area contributed by atoms with Crippen LogP contribution in [0, 0.1) is 0 Å². The Kier molecular flexibility index (Phi) is 6.85. The third kappa shape index (κ3) is 4.98. The summed E-state index contributed by atoms with van der Waals surface area (Å²) >= 11 is 0. The molecule has 0 amide bonds. The van der Waals surface area contributed by atoms with Gasteiger partial charge in [-0.1, -0.05) is 60.7 Å². The van der Waals surface area contributed by atoms with Gasteiger partial charge < -0.3 is 9.47 Å². The lowest BCUT2D eigenvalue weighted by atomic mass is 10.0. The molecular formula is C38H28N4. The molecule has 0 saturated carbocycles. The predicted molar refractivity (Wildman–Crippen MR) is 172 cm³/mol. The number of hydrogen-bond acceptors (Lipinski definition) is 3. The van der Waals surface area contributed by atoms with Gasteiger partial charge in [0.2, 0.25) is 0 Å². The molecular weight excluding hydrogens is 512 g/mol. The highest BCUT2D eigenvalue weighted by atomic mass is 15.1. The molecule has 0 bridgehead atoms. The van der Waals surface area contributed by atoms with Crippen LogP contribution in [0.3, 0.4) is 0 Å². The van der Waals surface area contributed by atoms with Crippen LogP contribution in [0.2, 0.25) is 0 Å². The third-order valence-corrected chi connectivity index (χ3v) is 7.41. The molecule has 0 N–H and O–H groups in total. The summed E-state index contributed by atoms with van der Waals surface area (Å²) in [6, 6.07) is 50.9. The van der Waals surface area contributed by atoms with Crippen LogP contribution < -0.4 is 4.90 Å². The average molecular weight is 541 g/mol. The van der Waals surface area contributed by atoms with E-state index in [4.69, 9.17) is 0 Å². The minimum absolute atomic E-state index is 1.06. The molecule has 0 fully saturated rings. The fourth-order valence-electron chi connectivity index (χ4n) is 5.40. The van der Waals surface area contributed by atoms with Crippen LogP contribution in [-0.2, 0) is 0 Å². The van der Waals surface area contributed by atoms with Crippen LogP contribution in [0.15, 0.2) is 170 Å². The number of anilines is 3. The zero-order chi connectivity index (χ0) is 28.1. The molecule has 42 heavy (non-hydrogen) atoms. The van der Waals surface area contributed by atoms with Crippen molar-refractivity contribution >= 4 is 17.1 Å². The normalized spacial score (nSPS) is 10.9. The van der Waals surface area contributed by atoms with Crippen LogP contribution in [-0.4, -0.2) is 14.5 Å². The Morgan fingerprint density at radius 3 is 1.29 bits per heavy atom. The fourth-order valence-corrected chi connectivity index (χ4v) is 5.40. The van der Waals surface area contributed by atoms with Crippen molar-refractivity contribution in [1.29, 1.82) is 0 Å². The second-order valence-electron chi connectivity index (χ2n) is 10.0. The second-order valence-corrected chi connectivity index (χ2v) is 10.0. The summed E-state index contributed by atoms with van der Waals surface area (Å²) in [6.45, 7) is 0. The Labute approximate surface area is 245 Å². The largest absolute Gasteiger partial charge is 0.311 e. The van der Waals surface area contributed by atoms with Gasteiger partial charge in [0.05, 0.1) is 11.4 Å². The molecule has 0 spiro atoms. The van der Waals surface area contributed by atoms with Gasteiger partial charge in [-0.2, -0.15) is 0 Å². The Bertz CT molecular complexity index is 1780. The van der Waals surface area contributed by atoms with Crippen LogP contribution >= 0.6 is 0 Å². The lowest BCUT2D eigenvalue weighted by Crippen LogP contribution is -2.09. The average Bonchev–Trinajstić information content (AvgIpc) is 3.53. The summed E-state index contributed by atoms with van der Waals surface area (Å²) in [7, 11) is 0. The Balaban J connectivity index is 1.23. The third-order valence-electron chi connectivity index (χ3n) is 7.41. The van der Waals surface area contributed by atoms with Crippen molar-refractivity contribution in [2.24, 2.45) is 0 Å². The molecule has 0 atom stereocenters. The first-order valence-electron chi connectivity index (χ1n) is 14.0. The highest BCUT2D eigenvalue weighted by molar-refractivity contribution is 5.79. The van der Waals surface area contributed by atoms with Gasteiger partial charge in [0.15, 0.2) is 0 Å². The monoisotopic (exact) mass is 540 g/mol. The minimum atomic E-state index is 1.06. The van der Waals surface area contributed by atoms with Gasteiger partial charge in [-0.15, -0.1) is 0 Å². The molecule has 0 aliphatic heterocycles. The van der Waals surface area contributed by atoms with Crippen molar-refractivity contribution in [2.45, 2.75) is 0 Å². The van der Waals surface area contributed by atoms with Crippen molar-refractivity contribution < 1.29 is 0 Å². The van der Waals surface area contributed by atoms with Gasteiger partial charge >= 0.3 is 0 Å². The first kappa shape index (κ1) is 25.2. The molecule has 200 valence electrons. The number of hydrogen-bond donors (Lipinski definition) is 0. The Morgan fingerprint density at radius 1 is 0.381 bits per heavy atom. The van der Waals surface area contributed by atoms with E-state index in [-0.39, 0.29) is 0 Å². The molecule has 0 unspecified atom stereocenters. The molecule has 3 aromatic heterocycles. The van der Waals surface area contributed by atoms with E-state index in [2.05, 4.69) is 141 Å². The molecule has 4 nitrogen and oxygen atoms in total. The summed E-state index contributed by atoms with van der Waals surface area (Å²) in [4.78, 5) is 11.0. The standard InChI is InChI=1S/C38H28N4/c1-3-11-33(12-4-1)41(34-13-5-2-6-14-34)35-19-15-29(16-20-35)30-17-21-36(22-18-30)42-37(31-9-7-25-39-27-31)23-24-38(42)32-10-8-26-40-28-32/h1-28H. The SMILES string of the molecule is c1ccc(N(c2ccccc2)c2ccc(-c3ccc(-n4c(-c5cccnc5)ccc4-c4cccnc4)cc3)cc2)cc1. The molecule has 4 heteroatoms. The number of pyridine rings is 2. The van der Waals surface area contributed by atoms with Crippen LogP contribution in [0.4, 0.5) is 17.1 Å². The van der Waals surface area contributed by atoms with E-state index in [1.165, 1.54) is 5.56 Å². The summed E-state index contributed by atoms with van der Waals surface area (Å²) in [5, 5.41) is 0. The molecule has 7 rings (SSSR count). The van der Waals surface area contributed by atoms with E-state index in [9.17, 15) is 0 Å². The zero-order valence-corrected chi connectivity index (χ0v) is 23.0. The van der Waals surface area contributed by atoms with Gasteiger partial charge in [0.25, 0.3) is 0 Å². The molecule has 0 aliphatic rings. The molecule has 0 saturated heterocycles. The van der Waals surface area contributed by atoms with E-state index in [0.717, 1.165) is 50.8 Å². The molecule has 4 aromatic carbocycles. The molecule has 0 radical (unpaired) electrons. The highest BCUT2D eigenvalue weighted by Crippen LogP contribution is 2.36. The van der Waals surface area contributed by atoms with E-state index in [1.807, 2.05) is 36.7 Å². The van der Waals surface area contributed by atoms with Gasteiger partial charge in [-0.25, -0.2) is 0 Å².